The number of ether oxygens (including phenoxy) is 2. The smallest absolute Gasteiger partial charge is 0.323 e. The van der Waals surface area contributed by atoms with Gasteiger partial charge in [-0.15, -0.1) is 0 Å². The Labute approximate surface area is 197 Å². The number of para-hydroxylation sites is 1. The first kappa shape index (κ1) is 24.1. The molecule has 9 nitrogen and oxygen atoms in total. The largest absolute Gasteiger partial charge is 0.493 e. The van der Waals surface area contributed by atoms with Crippen molar-refractivity contribution in [1.82, 2.24) is 4.90 Å². The fourth-order valence-electron chi connectivity index (χ4n) is 3.11. The molecule has 3 aromatic carbocycles. The molecule has 176 valence electrons. The lowest BCUT2D eigenvalue weighted by atomic mass is 10.1. The van der Waals surface area contributed by atoms with Gasteiger partial charge in [-0.05, 0) is 42.5 Å². The van der Waals surface area contributed by atoms with Gasteiger partial charge in [-0.1, -0.05) is 18.2 Å². The third kappa shape index (κ3) is 5.83. The molecule has 4 amide bonds. The molecule has 0 heterocycles. The Balaban J connectivity index is 1.75. The molecule has 0 fully saturated rings. The predicted octanol–water partition coefficient (Wildman–Crippen LogP) is 4.30. The number of methoxy groups -OCH3 is 2. The van der Waals surface area contributed by atoms with E-state index in [4.69, 9.17) is 9.47 Å². The molecule has 34 heavy (non-hydrogen) atoms. The quantitative estimate of drug-likeness (QED) is 0.485. The molecule has 0 unspecified atom stereocenters. The van der Waals surface area contributed by atoms with Crippen LogP contribution in [0, 0.1) is 0 Å². The van der Waals surface area contributed by atoms with Crippen LogP contribution in [0.1, 0.15) is 20.7 Å². The summed E-state index contributed by atoms with van der Waals surface area (Å²) in [5, 5.41) is 8.19. The van der Waals surface area contributed by atoms with E-state index in [-0.39, 0.29) is 17.2 Å². The first-order chi connectivity index (χ1) is 16.3. The lowest BCUT2D eigenvalue weighted by Crippen LogP contribution is -2.24. The second-order valence-corrected chi connectivity index (χ2v) is 7.43. The molecule has 9 heteroatoms. The van der Waals surface area contributed by atoms with Crippen molar-refractivity contribution in [2.75, 3.05) is 44.3 Å². The molecule has 3 N–H and O–H groups in total. The highest BCUT2D eigenvalue weighted by atomic mass is 16.5. The number of nitrogens with one attached hydrogen (secondary N) is 3. The van der Waals surface area contributed by atoms with Crippen LogP contribution in [0.2, 0.25) is 0 Å². The van der Waals surface area contributed by atoms with Crippen LogP contribution < -0.4 is 25.4 Å². The average molecular weight is 463 g/mol. The van der Waals surface area contributed by atoms with Crippen LogP contribution in [0.5, 0.6) is 11.5 Å². The number of hydrogen-bond donors (Lipinski definition) is 3. The minimum Gasteiger partial charge on any atom is -0.493 e. The second kappa shape index (κ2) is 10.9. The maximum absolute atomic E-state index is 12.9. The highest BCUT2D eigenvalue weighted by molar-refractivity contribution is 6.09. The van der Waals surface area contributed by atoms with E-state index in [0.717, 1.165) is 0 Å². The molecule has 0 aliphatic heterocycles. The number of benzene rings is 3. The summed E-state index contributed by atoms with van der Waals surface area (Å²) >= 11 is 0. The van der Waals surface area contributed by atoms with Gasteiger partial charge in [-0.2, -0.15) is 0 Å². The van der Waals surface area contributed by atoms with Crippen LogP contribution >= 0.6 is 0 Å². The van der Waals surface area contributed by atoms with Gasteiger partial charge in [0.05, 0.1) is 25.5 Å². The van der Waals surface area contributed by atoms with Crippen molar-refractivity contribution in [3.8, 4) is 11.5 Å². The van der Waals surface area contributed by atoms with E-state index in [2.05, 4.69) is 16.0 Å². The van der Waals surface area contributed by atoms with Gasteiger partial charge in [-0.25, -0.2) is 4.79 Å². The van der Waals surface area contributed by atoms with Gasteiger partial charge in [0.1, 0.15) is 0 Å². The molecule has 0 radical (unpaired) electrons. The first-order valence-electron chi connectivity index (χ1n) is 10.3. The summed E-state index contributed by atoms with van der Waals surface area (Å²) in [7, 11) is 6.17. The van der Waals surface area contributed by atoms with Crippen molar-refractivity contribution in [2.24, 2.45) is 0 Å². The zero-order valence-electron chi connectivity index (χ0n) is 19.3. The lowest BCUT2D eigenvalue weighted by molar-refractivity contribution is 0.0828. The van der Waals surface area contributed by atoms with E-state index in [0.29, 0.717) is 28.4 Å². The van der Waals surface area contributed by atoms with Gasteiger partial charge in [-0.3, -0.25) is 9.59 Å². The van der Waals surface area contributed by atoms with Gasteiger partial charge in [0.2, 0.25) is 0 Å². The van der Waals surface area contributed by atoms with Crippen molar-refractivity contribution in [2.45, 2.75) is 0 Å². The normalized spacial score (nSPS) is 10.1. The third-order valence-electron chi connectivity index (χ3n) is 4.85. The molecule has 3 rings (SSSR count). The maximum Gasteiger partial charge on any atom is 0.323 e. The molecule has 0 aromatic heterocycles. The molecule has 0 spiro atoms. The Morgan fingerprint density at radius 3 is 1.85 bits per heavy atom. The summed E-state index contributed by atoms with van der Waals surface area (Å²) in [6.45, 7) is 0. The summed E-state index contributed by atoms with van der Waals surface area (Å²) in [6, 6.07) is 18.1. The molecule has 3 aromatic rings. The molecule has 0 bridgehead atoms. The van der Waals surface area contributed by atoms with Crippen molar-refractivity contribution >= 4 is 34.9 Å². The summed E-state index contributed by atoms with van der Waals surface area (Å²) in [5.74, 6) is 0.00697. The van der Waals surface area contributed by atoms with Gasteiger partial charge in [0.15, 0.2) is 11.5 Å². The van der Waals surface area contributed by atoms with Crippen LogP contribution in [0.15, 0.2) is 66.7 Å². The monoisotopic (exact) mass is 462 g/mol. The van der Waals surface area contributed by atoms with Crippen LogP contribution in [-0.2, 0) is 0 Å². The van der Waals surface area contributed by atoms with Crippen molar-refractivity contribution in [1.29, 1.82) is 0 Å². The van der Waals surface area contributed by atoms with E-state index in [1.165, 1.54) is 31.3 Å². The van der Waals surface area contributed by atoms with E-state index in [1.54, 1.807) is 50.5 Å². The summed E-state index contributed by atoms with van der Waals surface area (Å²) in [6.07, 6.45) is 0. The fourth-order valence-corrected chi connectivity index (χ4v) is 3.11. The van der Waals surface area contributed by atoms with Gasteiger partial charge in [0, 0.05) is 37.1 Å². The standard InChI is InChI=1S/C25H26N4O5/c1-29(2)24(31)19-14-21(33-3)22(34-4)15-20(19)28-23(30)16-10-12-18(13-11-16)27-25(32)26-17-8-6-5-7-9-17/h5-15H,1-4H3,(H,28,30)(H2,26,27,32). The highest BCUT2D eigenvalue weighted by Gasteiger charge is 2.20. The Morgan fingerprint density at radius 1 is 0.735 bits per heavy atom. The summed E-state index contributed by atoms with van der Waals surface area (Å²) in [5.41, 5.74) is 2.05. The first-order valence-corrected chi connectivity index (χ1v) is 10.3. The SMILES string of the molecule is COc1cc(NC(=O)c2ccc(NC(=O)Nc3ccccc3)cc2)c(C(=O)N(C)C)cc1OC. The van der Waals surface area contributed by atoms with Crippen LogP contribution in [0.4, 0.5) is 21.9 Å². The van der Waals surface area contributed by atoms with E-state index < -0.39 is 11.9 Å². The van der Waals surface area contributed by atoms with Crippen LogP contribution in [0.3, 0.4) is 0 Å². The molecule has 0 saturated heterocycles. The number of rotatable bonds is 7. The van der Waals surface area contributed by atoms with E-state index >= 15 is 0 Å². The molecular formula is C25H26N4O5. The molecule has 0 aliphatic rings. The predicted molar refractivity (Wildman–Crippen MR) is 131 cm³/mol. The molecule has 0 saturated carbocycles. The Bertz CT molecular complexity index is 1180. The number of amides is 4. The third-order valence-corrected chi connectivity index (χ3v) is 4.85. The number of hydrogen-bond acceptors (Lipinski definition) is 5. The van der Waals surface area contributed by atoms with Crippen molar-refractivity contribution in [3.63, 3.8) is 0 Å². The molecular weight excluding hydrogens is 436 g/mol. The Hall–Kier alpha value is -4.53. The summed E-state index contributed by atoms with van der Waals surface area (Å²) in [4.78, 5) is 39.1. The van der Waals surface area contributed by atoms with E-state index in [1.807, 2.05) is 18.2 Å². The number of carbonyl (C=O) groups is 3. The number of anilines is 3. The molecule has 0 atom stereocenters. The Kier molecular flexibility index (Phi) is 7.71. The topological polar surface area (TPSA) is 109 Å². The zero-order valence-corrected chi connectivity index (χ0v) is 19.3. The second-order valence-electron chi connectivity index (χ2n) is 7.43. The van der Waals surface area contributed by atoms with Crippen LogP contribution in [-0.4, -0.2) is 51.1 Å². The van der Waals surface area contributed by atoms with Crippen molar-refractivity contribution < 1.29 is 23.9 Å². The fraction of sp³-hybridized carbons (Fsp3) is 0.160. The van der Waals surface area contributed by atoms with Gasteiger partial charge < -0.3 is 30.3 Å². The number of nitrogens with zero attached hydrogens (tertiary/aromatic N) is 1. The van der Waals surface area contributed by atoms with Crippen molar-refractivity contribution in [3.05, 3.63) is 77.9 Å². The van der Waals surface area contributed by atoms with E-state index in [9.17, 15) is 14.4 Å². The Morgan fingerprint density at radius 2 is 1.29 bits per heavy atom. The maximum atomic E-state index is 12.9. The van der Waals surface area contributed by atoms with Crippen LogP contribution in [0.25, 0.3) is 0 Å². The number of carbonyl (C=O) groups excluding carboxylic acids is 3. The minimum absolute atomic E-state index is 0.256. The molecule has 0 aliphatic carbocycles. The summed E-state index contributed by atoms with van der Waals surface area (Å²) < 4.78 is 10.6. The average Bonchev–Trinajstić information content (AvgIpc) is 2.84. The van der Waals surface area contributed by atoms with Gasteiger partial charge in [0.25, 0.3) is 11.8 Å². The number of urea groups is 1. The minimum atomic E-state index is -0.430. The zero-order chi connectivity index (χ0) is 24.7. The lowest BCUT2D eigenvalue weighted by Gasteiger charge is -2.18. The van der Waals surface area contributed by atoms with Gasteiger partial charge >= 0.3 is 6.03 Å². The highest BCUT2D eigenvalue weighted by Crippen LogP contribution is 2.34.